The Balaban J connectivity index is 2.57. The molecule has 78 valence electrons. The van der Waals surface area contributed by atoms with E-state index in [2.05, 4.69) is 0 Å². The van der Waals surface area contributed by atoms with E-state index in [1.165, 1.54) is 7.11 Å². The molecular formula is C9H15F3O. The van der Waals surface area contributed by atoms with E-state index in [9.17, 15) is 13.2 Å². The van der Waals surface area contributed by atoms with Crippen molar-refractivity contribution in [1.82, 2.24) is 0 Å². The van der Waals surface area contributed by atoms with Gasteiger partial charge in [0.05, 0.1) is 12.0 Å². The Morgan fingerprint density at radius 1 is 1.15 bits per heavy atom. The number of halogens is 3. The fourth-order valence-corrected chi connectivity index (χ4v) is 2.00. The first-order valence-electron chi connectivity index (χ1n) is 4.53. The largest absolute Gasteiger partial charge is 0.391 e. The summed E-state index contributed by atoms with van der Waals surface area (Å²) < 4.78 is 42.1. The standard InChI is InChI=1S/C9H15F3O/c1-6-3-7(9(10,11)12)5-8(4-6)13-2/h6-8H,3-5H2,1-2H3. The molecule has 0 aromatic carbocycles. The van der Waals surface area contributed by atoms with E-state index in [1.54, 1.807) is 0 Å². The minimum absolute atomic E-state index is 0.116. The number of alkyl halides is 3. The van der Waals surface area contributed by atoms with Crippen LogP contribution >= 0.6 is 0 Å². The molecule has 0 N–H and O–H groups in total. The molecule has 3 atom stereocenters. The Morgan fingerprint density at radius 2 is 1.77 bits per heavy atom. The zero-order valence-corrected chi connectivity index (χ0v) is 7.90. The quantitative estimate of drug-likeness (QED) is 0.626. The fourth-order valence-electron chi connectivity index (χ4n) is 2.00. The smallest absolute Gasteiger partial charge is 0.381 e. The van der Waals surface area contributed by atoms with Crippen LogP contribution in [0.15, 0.2) is 0 Å². The average molecular weight is 196 g/mol. The molecule has 1 fully saturated rings. The normalized spacial score (nSPS) is 36.2. The molecule has 0 aromatic rings. The number of ether oxygens (including phenoxy) is 1. The van der Waals surface area contributed by atoms with E-state index in [0.29, 0.717) is 0 Å². The summed E-state index contributed by atoms with van der Waals surface area (Å²) in [5.41, 5.74) is 0. The van der Waals surface area contributed by atoms with E-state index in [0.717, 1.165) is 6.42 Å². The molecule has 0 aliphatic heterocycles. The molecule has 0 amide bonds. The summed E-state index contributed by atoms with van der Waals surface area (Å²) in [6.45, 7) is 1.85. The van der Waals surface area contributed by atoms with Crippen LogP contribution in [0, 0.1) is 11.8 Å². The molecule has 1 nitrogen and oxygen atoms in total. The summed E-state index contributed by atoms with van der Waals surface area (Å²) in [7, 11) is 1.48. The summed E-state index contributed by atoms with van der Waals surface area (Å²) in [5.74, 6) is -1.05. The monoisotopic (exact) mass is 196 g/mol. The van der Waals surface area contributed by atoms with Crippen molar-refractivity contribution in [3.63, 3.8) is 0 Å². The zero-order valence-electron chi connectivity index (χ0n) is 7.90. The van der Waals surface area contributed by atoms with Gasteiger partial charge in [-0.2, -0.15) is 13.2 Å². The van der Waals surface area contributed by atoms with Gasteiger partial charge in [0.25, 0.3) is 0 Å². The van der Waals surface area contributed by atoms with E-state index in [4.69, 9.17) is 4.74 Å². The maximum absolute atomic E-state index is 12.4. The van der Waals surface area contributed by atoms with Crippen LogP contribution in [0.5, 0.6) is 0 Å². The van der Waals surface area contributed by atoms with Crippen molar-refractivity contribution < 1.29 is 17.9 Å². The summed E-state index contributed by atoms with van der Waals surface area (Å²) in [4.78, 5) is 0. The molecule has 1 aliphatic carbocycles. The minimum atomic E-state index is -4.05. The van der Waals surface area contributed by atoms with Crippen molar-refractivity contribution >= 4 is 0 Å². The van der Waals surface area contributed by atoms with Gasteiger partial charge in [0.1, 0.15) is 0 Å². The van der Waals surface area contributed by atoms with Gasteiger partial charge < -0.3 is 4.74 Å². The summed E-state index contributed by atoms with van der Waals surface area (Å²) in [6.07, 6.45) is -3.13. The molecular weight excluding hydrogens is 181 g/mol. The Kier molecular flexibility index (Phi) is 3.22. The molecule has 0 bridgehead atoms. The second-order valence-electron chi connectivity index (χ2n) is 3.91. The molecule has 3 unspecified atom stereocenters. The Bertz CT molecular complexity index is 167. The number of methoxy groups -OCH3 is 1. The highest BCUT2D eigenvalue weighted by Crippen LogP contribution is 2.40. The fraction of sp³-hybridized carbons (Fsp3) is 1.00. The molecule has 0 radical (unpaired) electrons. The second kappa shape index (κ2) is 3.86. The second-order valence-corrected chi connectivity index (χ2v) is 3.91. The van der Waals surface area contributed by atoms with Gasteiger partial charge in [0.2, 0.25) is 0 Å². The van der Waals surface area contributed by atoms with Crippen LogP contribution in [0.2, 0.25) is 0 Å². The number of hydrogen-bond acceptors (Lipinski definition) is 1. The molecule has 1 aliphatic rings. The van der Waals surface area contributed by atoms with Crippen LogP contribution in [-0.2, 0) is 4.74 Å². The highest BCUT2D eigenvalue weighted by atomic mass is 19.4. The van der Waals surface area contributed by atoms with Gasteiger partial charge in [-0.3, -0.25) is 0 Å². The molecule has 13 heavy (non-hydrogen) atoms. The minimum Gasteiger partial charge on any atom is -0.381 e. The third-order valence-corrected chi connectivity index (χ3v) is 2.70. The van der Waals surface area contributed by atoms with Crippen molar-refractivity contribution in [2.45, 2.75) is 38.5 Å². The van der Waals surface area contributed by atoms with Gasteiger partial charge in [-0.25, -0.2) is 0 Å². The van der Waals surface area contributed by atoms with Crippen LogP contribution in [0.3, 0.4) is 0 Å². The summed E-state index contributed by atoms with van der Waals surface area (Å²) >= 11 is 0. The van der Waals surface area contributed by atoms with Gasteiger partial charge in [0, 0.05) is 7.11 Å². The molecule has 0 spiro atoms. The highest BCUT2D eigenvalue weighted by Gasteiger charge is 2.43. The lowest BCUT2D eigenvalue weighted by Crippen LogP contribution is -2.35. The van der Waals surface area contributed by atoms with Gasteiger partial charge in [0.15, 0.2) is 0 Å². The van der Waals surface area contributed by atoms with Crippen LogP contribution in [0.1, 0.15) is 26.2 Å². The lowest BCUT2D eigenvalue weighted by atomic mass is 9.80. The first-order valence-corrected chi connectivity index (χ1v) is 4.53. The van der Waals surface area contributed by atoms with Crippen LogP contribution in [-0.4, -0.2) is 19.4 Å². The lowest BCUT2D eigenvalue weighted by molar-refractivity contribution is -0.195. The Hall–Kier alpha value is -0.250. The van der Waals surface area contributed by atoms with E-state index >= 15 is 0 Å². The third-order valence-electron chi connectivity index (χ3n) is 2.70. The molecule has 1 saturated carbocycles. The van der Waals surface area contributed by atoms with Gasteiger partial charge in [-0.1, -0.05) is 6.92 Å². The van der Waals surface area contributed by atoms with Crippen molar-refractivity contribution in [2.24, 2.45) is 11.8 Å². The first kappa shape index (κ1) is 10.8. The van der Waals surface area contributed by atoms with Crippen molar-refractivity contribution in [3.05, 3.63) is 0 Å². The number of rotatable bonds is 1. The first-order chi connectivity index (χ1) is 5.93. The molecule has 1 rings (SSSR count). The number of hydrogen-bond donors (Lipinski definition) is 0. The average Bonchev–Trinajstić information content (AvgIpc) is 2.01. The topological polar surface area (TPSA) is 9.23 Å². The highest BCUT2D eigenvalue weighted by molar-refractivity contribution is 4.81. The van der Waals surface area contributed by atoms with Crippen molar-refractivity contribution in [3.8, 4) is 0 Å². The summed E-state index contributed by atoms with van der Waals surface area (Å²) in [5, 5.41) is 0. The Labute approximate surface area is 76.3 Å². The van der Waals surface area contributed by atoms with E-state index in [1.807, 2.05) is 6.92 Å². The maximum atomic E-state index is 12.4. The SMILES string of the molecule is COC1CC(C)CC(C(F)(F)F)C1. The molecule has 0 heterocycles. The van der Waals surface area contributed by atoms with Crippen LogP contribution < -0.4 is 0 Å². The van der Waals surface area contributed by atoms with E-state index in [-0.39, 0.29) is 24.9 Å². The zero-order chi connectivity index (χ0) is 10.1. The lowest BCUT2D eigenvalue weighted by Gasteiger charge is -2.33. The molecule has 0 aromatic heterocycles. The predicted molar refractivity (Wildman–Crippen MR) is 43.4 cm³/mol. The predicted octanol–water partition coefficient (Wildman–Crippen LogP) is 3.00. The van der Waals surface area contributed by atoms with Crippen LogP contribution in [0.4, 0.5) is 13.2 Å². The third kappa shape index (κ3) is 2.86. The van der Waals surface area contributed by atoms with Crippen molar-refractivity contribution in [2.75, 3.05) is 7.11 Å². The molecule has 4 heteroatoms. The summed E-state index contributed by atoms with van der Waals surface area (Å²) in [6, 6.07) is 0. The van der Waals surface area contributed by atoms with Crippen molar-refractivity contribution in [1.29, 1.82) is 0 Å². The van der Waals surface area contributed by atoms with Crippen LogP contribution in [0.25, 0.3) is 0 Å². The maximum Gasteiger partial charge on any atom is 0.391 e. The van der Waals surface area contributed by atoms with Gasteiger partial charge >= 0.3 is 6.18 Å². The van der Waals surface area contributed by atoms with Gasteiger partial charge in [-0.15, -0.1) is 0 Å². The molecule has 0 saturated heterocycles. The van der Waals surface area contributed by atoms with E-state index < -0.39 is 12.1 Å². The van der Waals surface area contributed by atoms with Gasteiger partial charge in [-0.05, 0) is 25.2 Å². The Morgan fingerprint density at radius 3 is 2.23 bits per heavy atom.